The highest BCUT2D eigenvalue weighted by Gasteiger charge is 2.43. The van der Waals surface area contributed by atoms with E-state index in [4.69, 9.17) is 9.47 Å². The fraction of sp³-hybridized carbons (Fsp3) is 0.426. The molecule has 0 unspecified atom stereocenters. The van der Waals surface area contributed by atoms with Gasteiger partial charge in [-0.2, -0.15) is 0 Å². The standard InChI is InChI=1S/C50H59N5O7.C44H54N4O8/c1-33(2)29-44(54-46(57)36(30-34(3)56)31-35-17-6-4-7-18-35)49(60)55-28-16-26-45(55)48(59)53-43(47(58)52-37-19-8-5-9-20-37)25-14-15-27-51-50(61)62-32-42-40-23-12-10-21-38(40)39-22-11-13-24-41(39)42;1-28(2)24-38(47-40(50)31(25-29(3)49)26-30-14-5-4-6-15-30)42(52)48-23-13-21-39(48)41(51)46-37(43(53)54)20-11-12-22-45-44(55)56-27-36-34-18-9-7-16-32(34)33-17-8-10-19-35(33)36/h4-13,17-24,33,36,42-45H,14-16,25-32H2,1-3H3,(H,51,61)(H,52,58)(H,53,59)(H,54,57);4-10,14-19,28,31,36-39H,11-13,20-27H2,1-3H3,(H,45,55)(H,46,51)(H,47,50)(H,53,54)/t36-,43-,44-,45-;31-,37-,38-,39-/m00/s1. The Kier molecular flexibility index (Phi) is 33.0. The van der Waals surface area contributed by atoms with Gasteiger partial charge in [-0.05, 0) is 183 Å². The van der Waals surface area contributed by atoms with Crippen LogP contribution in [0.1, 0.15) is 177 Å². The quantitative estimate of drug-likeness (QED) is 0.0166. The van der Waals surface area contributed by atoms with Crippen LogP contribution in [0.2, 0.25) is 0 Å². The molecule has 2 aliphatic carbocycles. The number of fused-ring (bicyclic) bond motifs is 6. The summed E-state index contributed by atoms with van der Waals surface area (Å²) < 4.78 is 11.3. The third-order valence-corrected chi connectivity index (χ3v) is 22.1. The summed E-state index contributed by atoms with van der Waals surface area (Å²) in [6, 6.07) is 54.6. The maximum Gasteiger partial charge on any atom is 0.407 e. The molecule has 2 saturated heterocycles. The number of benzene rings is 7. The summed E-state index contributed by atoms with van der Waals surface area (Å²) in [6.07, 6.45) is 4.52. The lowest BCUT2D eigenvalue weighted by atomic mass is 9.92. The number of alkyl carbamates (subject to hydrolysis) is 2. The molecule has 11 rings (SSSR count). The van der Waals surface area contributed by atoms with Crippen molar-refractivity contribution >= 4 is 76.8 Å². The smallest absolute Gasteiger partial charge is 0.407 e. The van der Waals surface area contributed by atoms with Gasteiger partial charge in [0.2, 0.25) is 41.4 Å². The van der Waals surface area contributed by atoms with Crippen molar-refractivity contribution in [2.24, 2.45) is 23.7 Å². The Morgan fingerprint density at radius 3 is 1.13 bits per heavy atom. The van der Waals surface area contributed by atoms with Crippen molar-refractivity contribution in [3.8, 4) is 22.3 Å². The summed E-state index contributed by atoms with van der Waals surface area (Å²) in [7, 11) is 0. The molecular formula is C94H113N9O15. The second-order valence-electron chi connectivity index (χ2n) is 32.2. The zero-order chi connectivity index (χ0) is 84.2. The van der Waals surface area contributed by atoms with E-state index in [1.54, 1.807) is 24.3 Å². The molecule has 4 aliphatic rings. The molecule has 118 heavy (non-hydrogen) atoms. The maximum atomic E-state index is 14.3. The number of amides is 9. The number of nitrogens with one attached hydrogen (secondary N) is 7. The number of ether oxygens (including phenoxy) is 2. The number of nitrogens with zero attached hydrogens (tertiary/aromatic N) is 2. The second kappa shape index (κ2) is 43.9. The third-order valence-electron chi connectivity index (χ3n) is 22.1. The SMILES string of the molecule is CC(=O)C[C@@H](Cc1ccccc1)C(=O)N[C@@H](CC(C)C)C(=O)N1CCC[C@H]1C(=O)N[C@@H](CCCCNC(=O)OCC1c2ccccc2-c2ccccc21)C(=O)Nc1ccccc1.CC(=O)C[C@@H](Cc1ccccc1)C(=O)N[C@@H](CC(C)C)C(=O)N1CCC[C@H]1C(=O)N[C@@H](CCCCNC(=O)OCC1c2ccccc2-c2ccccc21)C(=O)O. The minimum atomic E-state index is -1.20. The lowest BCUT2D eigenvalue weighted by molar-refractivity contribution is -0.145. The molecular weight excluding hydrogens is 1500 g/mol. The number of rotatable bonds is 39. The van der Waals surface area contributed by atoms with Crippen molar-refractivity contribution in [1.29, 1.82) is 0 Å². The van der Waals surface area contributed by atoms with Crippen LogP contribution in [0.15, 0.2) is 188 Å². The molecule has 0 spiro atoms. The molecule has 0 saturated carbocycles. The van der Waals surface area contributed by atoms with E-state index >= 15 is 0 Å². The van der Waals surface area contributed by atoms with Gasteiger partial charge in [-0.15, -0.1) is 0 Å². The van der Waals surface area contributed by atoms with Crippen LogP contribution >= 0.6 is 0 Å². The highest BCUT2D eigenvalue weighted by atomic mass is 16.6. The predicted molar refractivity (Wildman–Crippen MR) is 451 cm³/mol. The number of carboxylic acids is 1. The number of hydrogen-bond acceptors (Lipinski definition) is 14. The Hall–Kier alpha value is -11.8. The van der Waals surface area contributed by atoms with Crippen molar-refractivity contribution in [3.05, 3.63) is 221 Å². The number of unbranched alkanes of at least 4 members (excludes halogenated alkanes) is 2. The van der Waals surface area contributed by atoms with Crippen LogP contribution in [0.3, 0.4) is 0 Å². The van der Waals surface area contributed by atoms with Crippen LogP contribution in [0.25, 0.3) is 22.3 Å². The van der Waals surface area contributed by atoms with Crippen molar-refractivity contribution in [2.75, 3.05) is 44.7 Å². The van der Waals surface area contributed by atoms with Crippen LogP contribution < -0.4 is 37.2 Å². The Morgan fingerprint density at radius 1 is 0.415 bits per heavy atom. The number of ketones is 2. The first-order valence-electron chi connectivity index (χ1n) is 41.6. The average molecular weight is 1610 g/mol. The number of para-hydroxylation sites is 1. The topological polar surface area (TPSA) is 334 Å². The lowest BCUT2D eigenvalue weighted by Crippen LogP contribution is -2.56. The van der Waals surface area contributed by atoms with Crippen LogP contribution in [0.5, 0.6) is 0 Å². The molecule has 24 heteroatoms. The molecule has 8 atom stereocenters. The number of carbonyl (C=O) groups excluding carboxylic acids is 11. The maximum absolute atomic E-state index is 14.3. The van der Waals surface area contributed by atoms with E-state index in [2.05, 4.69) is 73.6 Å². The summed E-state index contributed by atoms with van der Waals surface area (Å²) in [6.45, 7) is 12.3. The monoisotopic (exact) mass is 1610 g/mol. The molecule has 2 heterocycles. The van der Waals surface area contributed by atoms with Gasteiger partial charge in [-0.1, -0.05) is 204 Å². The van der Waals surface area contributed by atoms with Crippen LogP contribution in [0, 0.1) is 23.7 Å². The minimum absolute atomic E-state index is 0.0279. The number of carbonyl (C=O) groups is 12. The molecule has 2 aliphatic heterocycles. The molecule has 624 valence electrons. The van der Waals surface area contributed by atoms with Gasteiger partial charge in [0.15, 0.2) is 0 Å². The van der Waals surface area contributed by atoms with Gasteiger partial charge in [0.05, 0.1) is 0 Å². The summed E-state index contributed by atoms with van der Waals surface area (Å²) in [5, 5.41) is 29.8. The Balaban J connectivity index is 0.000000250. The lowest BCUT2D eigenvalue weighted by Gasteiger charge is -2.31. The van der Waals surface area contributed by atoms with E-state index in [1.165, 1.54) is 23.6 Å². The van der Waals surface area contributed by atoms with E-state index in [9.17, 15) is 62.6 Å². The largest absolute Gasteiger partial charge is 0.480 e. The predicted octanol–water partition coefficient (Wildman–Crippen LogP) is 12.8. The second-order valence-corrected chi connectivity index (χ2v) is 32.2. The summed E-state index contributed by atoms with van der Waals surface area (Å²) in [5.74, 6) is -5.77. The molecule has 0 bridgehead atoms. The zero-order valence-corrected chi connectivity index (χ0v) is 68.4. The van der Waals surface area contributed by atoms with Crippen LogP contribution in [-0.4, -0.2) is 162 Å². The number of aliphatic carboxylic acids is 1. The van der Waals surface area contributed by atoms with E-state index in [-0.39, 0.29) is 92.5 Å². The van der Waals surface area contributed by atoms with Crippen LogP contribution in [0.4, 0.5) is 15.3 Å². The zero-order valence-electron chi connectivity index (χ0n) is 68.4. The van der Waals surface area contributed by atoms with Crippen molar-refractivity contribution < 1.29 is 72.1 Å². The van der Waals surface area contributed by atoms with Crippen molar-refractivity contribution in [3.63, 3.8) is 0 Å². The van der Waals surface area contributed by atoms with E-state index in [0.29, 0.717) is 102 Å². The Bertz CT molecular complexity index is 4530. The van der Waals surface area contributed by atoms with Gasteiger partial charge in [0.1, 0.15) is 61.0 Å². The first-order valence-corrected chi connectivity index (χ1v) is 41.6. The fourth-order valence-electron chi connectivity index (χ4n) is 16.4. The summed E-state index contributed by atoms with van der Waals surface area (Å²) >= 11 is 0. The van der Waals surface area contributed by atoms with Gasteiger partial charge in [-0.3, -0.25) is 33.6 Å². The van der Waals surface area contributed by atoms with E-state index < -0.39 is 95.8 Å². The third kappa shape index (κ3) is 25.1. The van der Waals surface area contributed by atoms with E-state index in [1.807, 2.05) is 155 Å². The number of Topliss-reactive ketones (excluding diaryl/α,β-unsaturated/α-hetero) is 2. The van der Waals surface area contributed by atoms with E-state index in [0.717, 1.165) is 55.6 Å². The fourth-order valence-corrected chi connectivity index (χ4v) is 16.4. The van der Waals surface area contributed by atoms with Crippen LogP contribution in [-0.2, 0) is 70.3 Å². The summed E-state index contributed by atoms with van der Waals surface area (Å²) in [4.78, 5) is 162. The normalized spacial score (nSPS) is 16.0. The van der Waals surface area contributed by atoms with Crippen molar-refractivity contribution in [1.82, 2.24) is 41.7 Å². The Morgan fingerprint density at radius 2 is 0.763 bits per heavy atom. The molecule has 2 fully saturated rings. The first kappa shape index (κ1) is 88.5. The highest BCUT2D eigenvalue weighted by Crippen LogP contribution is 2.46. The highest BCUT2D eigenvalue weighted by molar-refractivity contribution is 6.00. The molecule has 0 aromatic heterocycles. The van der Waals surface area contributed by atoms with Gasteiger partial charge < -0.3 is 71.2 Å². The number of anilines is 1. The minimum Gasteiger partial charge on any atom is -0.480 e. The number of likely N-dealkylation sites (tertiary alicyclic amines) is 2. The molecule has 8 N–H and O–H groups in total. The number of carboxylic acid groups (broad SMARTS) is 1. The average Bonchev–Trinajstić information content (AvgIpc) is 1.62. The molecule has 7 aromatic rings. The molecule has 0 radical (unpaired) electrons. The molecule has 9 amide bonds. The summed E-state index contributed by atoms with van der Waals surface area (Å²) in [5.41, 5.74) is 11.5. The molecule has 7 aromatic carbocycles. The van der Waals surface area contributed by atoms with Gasteiger partial charge in [0, 0.05) is 68.4 Å². The number of hydrogen-bond donors (Lipinski definition) is 8. The first-order chi connectivity index (χ1) is 56.9. The van der Waals surface area contributed by atoms with Gasteiger partial charge in [0.25, 0.3) is 0 Å². The van der Waals surface area contributed by atoms with Gasteiger partial charge in [-0.25, -0.2) is 14.4 Å². The Labute approximate surface area is 691 Å². The molecule has 24 nitrogen and oxygen atoms in total. The van der Waals surface area contributed by atoms with Crippen molar-refractivity contribution in [2.45, 2.75) is 192 Å². The van der Waals surface area contributed by atoms with Gasteiger partial charge >= 0.3 is 18.2 Å².